The standard InChI is InChI=1S/C21H19N5O/c1-14-3-2-4-15(11-14)5-10-19(27)16-6-8-17(9-7-16)26-21-18(12-25-26)20(22)23-13-24-21/h2-4,6-9,11-13H,5,10H2,1H3,(H2,22,23,24,25)/p+1. The van der Waals surface area contributed by atoms with Gasteiger partial charge in [0.1, 0.15) is 11.2 Å². The second-order valence-corrected chi connectivity index (χ2v) is 6.56. The minimum atomic E-state index is 0.135. The molecule has 0 radical (unpaired) electrons. The zero-order valence-corrected chi connectivity index (χ0v) is 15.0. The minimum absolute atomic E-state index is 0.135. The van der Waals surface area contributed by atoms with Crippen LogP contribution in [0.15, 0.2) is 61.1 Å². The van der Waals surface area contributed by atoms with Crippen LogP contribution in [0.25, 0.3) is 16.7 Å². The number of carbonyl (C=O) groups excluding carboxylic acids is 1. The summed E-state index contributed by atoms with van der Waals surface area (Å²) < 4.78 is 1.81. The summed E-state index contributed by atoms with van der Waals surface area (Å²) >= 11 is 0. The number of Topliss-reactive ketones (excluding diaryl/α,β-unsaturated/α-hetero) is 1. The zero-order chi connectivity index (χ0) is 18.8. The summed E-state index contributed by atoms with van der Waals surface area (Å²) in [5.41, 5.74) is 10.5. The van der Waals surface area contributed by atoms with Gasteiger partial charge in [0.25, 0.3) is 0 Å². The second kappa shape index (κ2) is 6.99. The Kier molecular flexibility index (Phi) is 4.38. The van der Waals surface area contributed by atoms with Crippen LogP contribution >= 0.6 is 0 Å². The number of carbonyl (C=O) groups is 1. The summed E-state index contributed by atoms with van der Waals surface area (Å²) in [6, 6.07) is 15.8. The Labute approximate surface area is 156 Å². The smallest absolute Gasteiger partial charge is 0.361 e. The van der Waals surface area contributed by atoms with Gasteiger partial charge in [-0.25, -0.2) is 5.10 Å². The number of fused-ring (bicyclic) bond motifs is 1. The molecule has 2 aromatic carbocycles. The molecule has 0 unspecified atom stereocenters. The van der Waals surface area contributed by atoms with Gasteiger partial charge in [-0.15, -0.1) is 4.68 Å². The molecule has 3 N–H and O–H groups in total. The van der Waals surface area contributed by atoms with Gasteiger partial charge in [-0.05, 0) is 48.2 Å². The van der Waals surface area contributed by atoms with E-state index in [-0.39, 0.29) is 5.78 Å². The van der Waals surface area contributed by atoms with E-state index >= 15 is 0 Å². The molecule has 6 heteroatoms. The predicted molar refractivity (Wildman–Crippen MR) is 104 cm³/mol. The van der Waals surface area contributed by atoms with E-state index in [2.05, 4.69) is 40.2 Å². The number of benzene rings is 2. The van der Waals surface area contributed by atoms with Crippen LogP contribution in [0.4, 0.5) is 5.82 Å². The van der Waals surface area contributed by atoms with E-state index in [1.807, 2.05) is 35.0 Å². The number of aromatic amines is 1. The molecular formula is C21H20N5O+. The molecule has 2 heterocycles. The molecule has 27 heavy (non-hydrogen) atoms. The number of aromatic nitrogens is 4. The average molecular weight is 358 g/mol. The third-order valence-corrected chi connectivity index (χ3v) is 4.61. The molecular weight excluding hydrogens is 338 g/mol. The van der Waals surface area contributed by atoms with Crippen LogP contribution in [-0.4, -0.2) is 20.8 Å². The number of hydrogen-bond acceptors (Lipinski definition) is 4. The largest absolute Gasteiger partial charge is 0.383 e. The monoisotopic (exact) mass is 358 g/mol. The van der Waals surface area contributed by atoms with Crippen molar-refractivity contribution in [2.75, 3.05) is 5.73 Å². The molecule has 4 rings (SSSR count). The first-order valence-electron chi connectivity index (χ1n) is 8.80. The molecule has 6 nitrogen and oxygen atoms in total. The van der Waals surface area contributed by atoms with E-state index in [9.17, 15) is 4.79 Å². The van der Waals surface area contributed by atoms with Gasteiger partial charge in [0.2, 0.25) is 6.33 Å². The lowest BCUT2D eigenvalue weighted by molar-refractivity contribution is -0.631. The lowest BCUT2D eigenvalue weighted by Crippen LogP contribution is -2.33. The van der Waals surface area contributed by atoms with E-state index in [0.29, 0.717) is 23.4 Å². The van der Waals surface area contributed by atoms with Gasteiger partial charge in [0.15, 0.2) is 11.5 Å². The maximum atomic E-state index is 12.5. The van der Waals surface area contributed by atoms with Crippen LogP contribution in [0, 0.1) is 6.92 Å². The van der Waals surface area contributed by atoms with E-state index < -0.39 is 0 Å². The molecule has 0 saturated heterocycles. The molecule has 0 amide bonds. The lowest BCUT2D eigenvalue weighted by atomic mass is 10.0. The number of hydrogen-bond donors (Lipinski definition) is 2. The third-order valence-electron chi connectivity index (χ3n) is 4.61. The number of nitrogens with zero attached hydrogens (tertiary/aromatic N) is 3. The second-order valence-electron chi connectivity index (χ2n) is 6.56. The van der Waals surface area contributed by atoms with Crippen molar-refractivity contribution in [1.29, 1.82) is 0 Å². The minimum Gasteiger partial charge on any atom is -0.383 e. The molecule has 0 fully saturated rings. The fraction of sp³-hybridized carbons (Fsp3) is 0.143. The van der Waals surface area contributed by atoms with E-state index in [0.717, 1.165) is 17.5 Å². The Morgan fingerprint density at radius 3 is 2.74 bits per heavy atom. The van der Waals surface area contributed by atoms with Crippen LogP contribution in [0.3, 0.4) is 0 Å². The van der Waals surface area contributed by atoms with Gasteiger partial charge < -0.3 is 5.73 Å². The normalized spacial score (nSPS) is 11.0. The third kappa shape index (κ3) is 3.42. The Morgan fingerprint density at radius 2 is 1.96 bits per heavy atom. The first kappa shape index (κ1) is 16.9. The maximum absolute atomic E-state index is 12.5. The number of rotatable bonds is 5. The van der Waals surface area contributed by atoms with Crippen LogP contribution in [0.2, 0.25) is 0 Å². The van der Waals surface area contributed by atoms with E-state index in [4.69, 9.17) is 5.73 Å². The van der Waals surface area contributed by atoms with Gasteiger partial charge in [0, 0.05) is 12.0 Å². The van der Waals surface area contributed by atoms with Gasteiger partial charge in [-0.1, -0.05) is 29.8 Å². The van der Waals surface area contributed by atoms with Crippen molar-refractivity contribution < 1.29 is 9.48 Å². The van der Waals surface area contributed by atoms with Crippen LogP contribution in [-0.2, 0) is 6.42 Å². The highest BCUT2D eigenvalue weighted by molar-refractivity contribution is 5.96. The molecule has 0 aliphatic heterocycles. The Morgan fingerprint density at radius 1 is 1.15 bits per heavy atom. The Balaban J connectivity index is 1.51. The Hall–Kier alpha value is -3.54. The van der Waals surface area contributed by atoms with Gasteiger partial charge >= 0.3 is 5.65 Å². The van der Waals surface area contributed by atoms with Crippen molar-refractivity contribution in [3.05, 3.63) is 77.7 Å². The number of nitrogen functional groups attached to an aromatic ring is 1. The van der Waals surface area contributed by atoms with E-state index in [1.165, 1.54) is 17.5 Å². The number of H-pyrrole nitrogens is 1. The SMILES string of the molecule is Cc1cccc(CCC(=O)c2ccc(-[n+]3[nH]cc4c(N)ncnc43)cc2)c1. The highest BCUT2D eigenvalue weighted by Gasteiger charge is 2.17. The average Bonchev–Trinajstić information content (AvgIpc) is 3.12. The first-order valence-corrected chi connectivity index (χ1v) is 8.80. The predicted octanol–water partition coefficient (Wildman–Crippen LogP) is 2.94. The fourth-order valence-corrected chi connectivity index (χ4v) is 3.17. The quantitative estimate of drug-likeness (QED) is 0.424. The number of nitrogens with one attached hydrogen (secondary N) is 1. The highest BCUT2D eigenvalue weighted by Crippen LogP contribution is 2.15. The number of anilines is 1. The van der Waals surface area contributed by atoms with Crippen LogP contribution in [0.5, 0.6) is 0 Å². The van der Waals surface area contributed by atoms with Crippen molar-refractivity contribution in [3.63, 3.8) is 0 Å². The van der Waals surface area contributed by atoms with Gasteiger partial charge in [0.05, 0.1) is 6.20 Å². The van der Waals surface area contributed by atoms with Crippen molar-refractivity contribution in [3.8, 4) is 5.69 Å². The number of aryl methyl sites for hydroxylation is 2. The summed E-state index contributed by atoms with van der Waals surface area (Å²) in [4.78, 5) is 20.8. The number of nitrogens with two attached hydrogens (primary N) is 1. The lowest BCUT2D eigenvalue weighted by Gasteiger charge is -2.04. The molecule has 0 aliphatic carbocycles. The zero-order valence-electron chi connectivity index (χ0n) is 15.0. The van der Waals surface area contributed by atoms with Crippen molar-refractivity contribution >= 4 is 22.6 Å². The molecule has 0 spiro atoms. The fourth-order valence-electron chi connectivity index (χ4n) is 3.17. The van der Waals surface area contributed by atoms with Gasteiger partial charge in [-0.2, -0.15) is 4.98 Å². The summed E-state index contributed by atoms with van der Waals surface area (Å²) in [6.07, 6.45) is 4.44. The Bertz CT molecular complexity index is 1120. The first-order chi connectivity index (χ1) is 13.1. The molecule has 134 valence electrons. The molecule has 2 aromatic heterocycles. The summed E-state index contributed by atoms with van der Waals surface area (Å²) in [7, 11) is 0. The van der Waals surface area contributed by atoms with E-state index in [1.54, 1.807) is 6.20 Å². The summed E-state index contributed by atoms with van der Waals surface area (Å²) in [6.45, 7) is 2.06. The summed E-state index contributed by atoms with van der Waals surface area (Å²) in [5, 5.41) is 3.88. The van der Waals surface area contributed by atoms with Crippen molar-refractivity contribution in [2.24, 2.45) is 0 Å². The molecule has 0 bridgehead atoms. The van der Waals surface area contributed by atoms with Crippen LogP contribution in [0.1, 0.15) is 27.9 Å². The highest BCUT2D eigenvalue weighted by atomic mass is 16.1. The van der Waals surface area contributed by atoms with Crippen molar-refractivity contribution in [2.45, 2.75) is 19.8 Å². The molecule has 0 aliphatic rings. The summed E-state index contributed by atoms with van der Waals surface area (Å²) in [5.74, 6) is 0.564. The molecule has 4 aromatic rings. The molecule has 0 saturated carbocycles. The van der Waals surface area contributed by atoms with Crippen molar-refractivity contribution in [1.82, 2.24) is 15.1 Å². The number of ketones is 1. The van der Waals surface area contributed by atoms with Crippen LogP contribution < -0.4 is 10.4 Å². The maximum Gasteiger partial charge on any atom is 0.361 e. The molecule has 0 atom stereocenters. The van der Waals surface area contributed by atoms with Gasteiger partial charge in [-0.3, -0.25) is 4.79 Å². The topological polar surface area (TPSA) is 88.5 Å².